The molecule has 2 aromatic rings. The van der Waals surface area contributed by atoms with Gasteiger partial charge in [0.1, 0.15) is 12.6 Å². The molecule has 2 saturated carbocycles. The van der Waals surface area contributed by atoms with E-state index in [1.54, 1.807) is 12.1 Å². The van der Waals surface area contributed by atoms with E-state index in [2.05, 4.69) is 15.5 Å². The molecular weight excluding hydrogens is 593 g/mol. The van der Waals surface area contributed by atoms with E-state index in [-0.39, 0.29) is 43.6 Å². The first-order valence-corrected chi connectivity index (χ1v) is 15.5. The highest BCUT2D eigenvalue weighted by Crippen LogP contribution is 2.39. The monoisotopic (exact) mass is 626 g/mol. The number of amides is 3. The Hall–Kier alpha value is -2.67. The van der Waals surface area contributed by atoms with Gasteiger partial charge < -0.3 is 20.3 Å². The highest BCUT2D eigenvalue weighted by molar-refractivity contribution is 7.18. The molecule has 1 aliphatic heterocycles. The summed E-state index contributed by atoms with van der Waals surface area (Å²) in [7, 11) is 0. The molecule has 0 spiro atoms. The van der Waals surface area contributed by atoms with E-state index >= 15 is 0 Å². The number of alkyl halides is 3. The Labute approximate surface area is 251 Å². The van der Waals surface area contributed by atoms with Crippen molar-refractivity contribution in [2.45, 2.75) is 50.7 Å². The third-order valence-electron chi connectivity index (χ3n) is 8.28. The number of rotatable bonds is 11. The van der Waals surface area contributed by atoms with Gasteiger partial charge in [-0.15, -0.1) is 11.3 Å². The van der Waals surface area contributed by atoms with Crippen molar-refractivity contribution in [1.82, 2.24) is 10.2 Å². The number of halogens is 4. The molecule has 0 bridgehead atoms. The molecule has 1 atom stereocenters. The van der Waals surface area contributed by atoms with E-state index in [4.69, 9.17) is 16.3 Å². The largest absolute Gasteiger partial charge is 0.418 e. The SMILES string of the molecule is O=C(NC[C@H](C(=O)Nc1ccc(N2CCOCC2=O)c(C(F)(F)F)c1)N(CC1CCC1)CC1CCC1)c1ccc(Cl)s1. The lowest BCUT2D eigenvalue weighted by Crippen LogP contribution is -2.54. The average molecular weight is 627 g/mol. The first-order valence-electron chi connectivity index (χ1n) is 14.3. The van der Waals surface area contributed by atoms with Gasteiger partial charge in [0.15, 0.2) is 0 Å². The molecule has 5 rings (SSSR count). The lowest BCUT2D eigenvalue weighted by molar-refractivity contribution is -0.137. The van der Waals surface area contributed by atoms with E-state index < -0.39 is 29.6 Å². The molecule has 1 aromatic carbocycles. The Bertz CT molecular complexity index is 1280. The number of thiophene rings is 1. The summed E-state index contributed by atoms with van der Waals surface area (Å²) in [6, 6.07) is 5.88. The van der Waals surface area contributed by atoms with Crippen LogP contribution in [-0.2, 0) is 20.5 Å². The van der Waals surface area contributed by atoms with Crippen LogP contribution in [0.15, 0.2) is 30.3 Å². The Morgan fingerprint density at radius 2 is 1.79 bits per heavy atom. The fraction of sp³-hybridized carbons (Fsp3) is 0.552. The van der Waals surface area contributed by atoms with Crippen LogP contribution in [0.2, 0.25) is 4.34 Å². The van der Waals surface area contributed by atoms with E-state index in [0.717, 1.165) is 60.8 Å². The highest BCUT2D eigenvalue weighted by Gasteiger charge is 2.38. The Balaban J connectivity index is 1.38. The first-order chi connectivity index (χ1) is 20.1. The van der Waals surface area contributed by atoms with Gasteiger partial charge in [0.05, 0.1) is 27.1 Å². The van der Waals surface area contributed by atoms with Gasteiger partial charge in [0, 0.05) is 31.9 Å². The number of anilines is 2. The average Bonchev–Trinajstić information content (AvgIpc) is 3.33. The number of hydrogen-bond acceptors (Lipinski definition) is 6. The van der Waals surface area contributed by atoms with Crippen LogP contribution in [0.3, 0.4) is 0 Å². The van der Waals surface area contributed by atoms with Crippen molar-refractivity contribution in [1.29, 1.82) is 0 Å². The predicted octanol–water partition coefficient (Wildman–Crippen LogP) is 5.42. The lowest BCUT2D eigenvalue weighted by atomic mass is 9.82. The summed E-state index contributed by atoms with van der Waals surface area (Å²) in [5, 5.41) is 5.53. The number of carbonyl (C=O) groups is 3. The molecule has 2 N–H and O–H groups in total. The molecular formula is C29H34ClF3N4O4S. The number of hydrogen-bond donors (Lipinski definition) is 2. The lowest BCUT2D eigenvalue weighted by Gasteiger charge is -2.40. The molecule has 3 aliphatic rings. The van der Waals surface area contributed by atoms with Crippen molar-refractivity contribution in [3.63, 3.8) is 0 Å². The third-order valence-corrected chi connectivity index (χ3v) is 9.51. The van der Waals surface area contributed by atoms with Crippen LogP contribution in [0.25, 0.3) is 0 Å². The molecule has 3 fully saturated rings. The van der Waals surface area contributed by atoms with Crippen molar-refractivity contribution in [2.24, 2.45) is 11.8 Å². The second-order valence-electron chi connectivity index (χ2n) is 11.2. The highest BCUT2D eigenvalue weighted by atomic mass is 35.5. The molecule has 13 heteroatoms. The maximum Gasteiger partial charge on any atom is 0.418 e. The number of morpholine rings is 1. The number of ether oxygens (including phenoxy) is 1. The van der Waals surface area contributed by atoms with Crippen molar-refractivity contribution in [3.05, 3.63) is 45.1 Å². The molecule has 8 nitrogen and oxygen atoms in total. The van der Waals surface area contributed by atoms with Crippen molar-refractivity contribution in [2.75, 3.05) is 49.6 Å². The standard InChI is InChI=1S/C29H34ClF3N4O4S/c30-25-10-9-24(42-25)28(40)34-14-23(36(15-18-3-1-4-18)16-19-5-2-6-19)27(39)35-20-7-8-22(21(13-20)29(31,32)33)37-11-12-41-17-26(37)38/h7-10,13,18-19,23H,1-6,11-12,14-17H2,(H,34,40)(H,35,39)/t23-/m1/s1. The van der Waals surface area contributed by atoms with Gasteiger partial charge in [-0.1, -0.05) is 24.4 Å². The number of nitrogens with zero attached hydrogens (tertiary/aromatic N) is 2. The maximum atomic E-state index is 14.1. The topological polar surface area (TPSA) is 91.0 Å². The minimum absolute atomic E-state index is 0.00212. The predicted molar refractivity (Wildman–Crippen MR) is 155 cm³/mol. The van der Waals surface area contributed by atoms with Crippen LogP contribution < -0.4 is 15.5 Å². The molecule has 1 saturated heterocycles. The smallest absolute Gasteiger partial charge is 0.370 e. The number of carbonyl (C=O) groups excluding carboxylic acids is 3. The zero-order chi connectivity index (χ0) is 29.9. The van der Waals surface area contributed by atoms with E-state index in [1.807, 2.05) is 0 Å². The molecule has 0 unspecified atom stereocenters. The van der Waals surface area contributed by atoms with Crippen LogP contribution >= 0.6 is 22.9 Å². The van der Waals surface area contributed by atoms with E-state index in [0.29, 0.717) is 34.1 Å². The summed E-state index contributed by atoms with van der Waals surface area (Å²) >= 11 is 7.12. The van der Waals surface area contributed by atoms with Crippen LogP contribution in [0.4, 0.5) is 24.5 Å². The van der Waals surface area contributed by atoms with E-state index in [1.165, 1.54) is 12.1 Å². The molecule has 42 heavy (non-hydrogen) atoms. The maximum absolute atomic E-state index is 14.1. The van der Waals surface area contributed by atoms with Crippen LogP contribution in [0.1, 0.15) is 53.8 Å². The first kappa shape index (κ1) is 30.8. The number of benzene rings is 1. The van der Waals surface area contributed by atoms with Crippen LogP contribution in [-0.4, -0.2) is 68.1 Å². The van der Waals surface area contributed by atoms with Gasteiger partial charge in [0.25, 0.3) is 11.8 Å². The minimum Gasteiger partial charge on any atom is -0.370 e. The Kier molecular flexibility index (Phi) is 9.76. The molecule has 2 heterocycles. The fourth-order valence-electron chi connectivity index (χ4n) is 5.52. The van der Waals surface area contributed by atoms with Crippen molar-refractivity contribution >= 4 is 52.0 Å². The van der Waals surface area contributed by atoms with E-state index in [9.17, 15) is 27.6 Å². The second kappa shape index (κ2) is 13.3. The van der Waals surface area contributed by atoms with Crippen LogP contribution in [0.5, 0.6) is 0 Å². The van der Waals surface area contributed by atoms with Gasteiger partial charge in [-0.25, -0.2) is 0 Å². The van der Waals surface area contributed by atoms with Gasteiger partial charge >= 0.3 is 6.18 Å². The quantitative estimate of drug-likeness (QED) is 0.348. The summed E-state index contributed by atoms with van der Waals surface area (Å²) < 4.78 is 47.9. The Morgan fingerprint density at radius 1 is 1.10 bits per heavy atom. The van der Waals surface area contributed by atoms with Crippen molar-refractivity contribution in [3.8, 4) is 0 Å². The molecule has 3 amide bonds. The molecule has 2 aliphatic carbocycles. The van der Waals surface area contributed by atoms with Gasteiger partial charge in [0.2, 0.25) is 5.91 Å². The summed E-state index contributed by atoms with van der Waals surface area (Å²) in [6.45, 7) is 1.19. The summed E-state index contributed by atoms with van der Waals surface area (Å²) in [5.74, 6) is -0.546. The van der Waals surface area contributed by atoms with Gasteiger partial charge in [-0.2, -0.15) is 13.2 Å². The zero-order valence-corrected chi connectivity index (χ0v) is 24.6. The molecule has 0 radical (unpaired) electrons. The third kappa shape index (κ3) is 7.45. The van der Waals surface area contributed by atoms with Gasteiger partial charge in [-0.05, 0) is 67.9 Å². The Morgan fingerprint density at radius 3 is 2.33 bits per heavy atom. The summed E-state index contributed by atoms with van der Waals surface area (Å²) in [6.07, 6.45) is 1.75. The minimum atomic E-state index is -4.76. The fourth-order valence-corrected chi connectivity index (χ4v) is 6.48. The number of nitrogens with one attached hydrogen (secondary N) is 2. The summed E-state index contributed by atoms with van der Waals surface area (Å²) in [5.41, 5.74) is -1.33. The second-order valence-corrected chi connectivity index (χ2v) is 12.9. The molecule has 1 aromatic heterocycles. The van der Waals surface area contributed by atoms with Gasteiger partial charge in [-0.3, -0.25) is 19.3 Å². The zero-order valence-electron chi connectivity index (χ0n) is 23.1. The molecule has 228 valence electrons. The van der Waals surface area contributed by atoms with Crippen molar-refractivity contribution < 1.29 is 32.3 Å². The van der Waals surface area contributed by atoms with Crippen LogP contribution in [0, 0.1) is 11.8 Å². The summed E-state index contributed by atoms with van der Waals surface area (Å²) in [4.78, 5) is 42.5. The normalized spacial score (nSPS) is 18.9.